The van der Waals surface area contributed by atoms with Gasteiger partial charge in [0.2, 0.25) is 5.91 Å². The molecule has 3 saturated carbocycles. The molecule has 9 nitrogen and oxygen atoms in total. The number of aliphatic hydroxyl groups excluding tert-OH is 1. The van der Waals surface area contributed by atoms with Gasteiger partial charge in [0.05, 0.1) is 11.9 Å². The minimum Gasteiger partial charge on any atom is -0.461 e. The van der Waals surface area contributed by atoms with Crippen molar-refractivity contribution in [1.29, 1.82) is 0 Å². The Labute approximate surface area is 286 Å². The Morgan fingerprint density at radius 1 is 1.19 bits per heavy atom. The second-order valence-electron chi connectivity index (χ2n) is 16.4. The maximum atomic E-state index is 13.6. The van der Waals surface area contributed by atoms with Crippen molar-refractivity contribution in [2.75, 3.05) is 12.3 Å². The molecule has 2 amide bonds. The second-order valence-corrected chi connectivity index (χ2v) is 17.7. The first-order valence-corrected chi connectivity index (χ1v) is 18.5. The minimum absolute atomic E-state index is 0.00890. The first-order valence-electron chi connectivity index (χ1n) is 17.4. The van der Waals surface area contributed by atoms with Gasteiger partial charge in [0.25, 0.3) is 0 Å². The van der Waals surface area contributed by atoms with Crippen molar-refractivity contribution in [1.82, 2.24) is 10.2 Å². The van der Waals surface area contributed by atoms with E-state index in [1.165, 1.54) is 11.8 Å². The number of thioether (sulfide) groups is 1. The summed E-state index contributed by atoms with van der Waals surface area (Å²) in [6.45, 7) is 22.1. The Morgan fingerprint density at radius 3 is 2.45 bits per heavy atom. The highest BCUT2D eigenvalue weighted by atomic mass is 32.2. The number of nitrogens with one attached hydrogen (secondary N) is 1. The molecule has 6 unspecified atom stereocenters. The van der Waals surface area contributed by atoms with Crippen LogP contribution in [0.2, 0.25) is 0 Å². The summed E-state index contributed by atoms with van der Waals surface area (Å²) in [6, 6.07) is -0.728. The number of ether oxygens (including phenoxy) is 2. The van der Waals surface area contributed by atoms with Crippen molar-refractivity contribution in [2.45, 2.75) is 130 Å². The molecule has 10 atom stereocenters. The lowest BCUT2D eigenvalue weighted by molar-refractivity contribution is -0.205. The van der Waals surface area contributed by atoms with Gasteiger partial charge in [-0.2, -0.15) is 0 Å². The van der Waals surface area contributed by atoms with Crippen LogP contribution in [-0.4, -0.2) is 75.2 Å². The number of Topliss-reactive ketones (excluding diaryl/α,β-unsaturated/α-hetero) is 1. The van der Waals surface area contributed by atoms with Gasteiger partial charge in [0, 0.05) is 41.2 Å². The van der Waals surface area contributed by atoms with E-state index < -0.39 is 40.8 Å². The molecule has 4 rings (SSSR count). The van der Waals surface area contributed by atoms with Gasteiger partial charge in [0.15, 0.2) is 0 Å². The summed E-state index contributed by atoms with van der Waals surface area (Å²) in [7, 11) is 0. The lowest BCUT2D eigenvalue weighted by Crippen LogP contribution is -2.63. The van der Waals surface area contributed by atoms with Crippen LogP contribution in [-0.2, 0) is 23.9 Å². The van der Waals surface area contributed by atoms with Crippen LogP contribution < -0.4 is 5.32 Å². The van der Waals surface area contributed by atoms with Crippen molar-refractivity contribution in [3.05, 3.63) is 24.9 Å². The van der Waals surface area contributed by atoms with Crippen LogP contribution in [0.25, 0.3) is 0 Å². The van der Waals surface area contributed by atoms with Crippen molar-refractivity contribution in [3.63, 3.8) is 0 Å². The number of esters is 1. The largest absolute Gasteiger partial charge is 0.461 e. The fraction of sp³-hybridized carbons (Fsp3) is 0.784. The molecule has 4 aliphatic rings. The highest BCUT2D eigenvalue weighted by molar-refractivity contribution is 8.00. The molecular weight excluding hydrogens is 616 g/mol. The van der Waals surface area contributed by atoms with Crippen molar-refractivity contribution >= 4 is 35.5 Å². The quantitative estimate of drug-likeness (QED) is 0.228. The molecule has 1 aliphatic heterocycles. The minimum atomic E-state index is -0.728. The zero-order valence-electron chi connectivity index (χ0n) is 30.0. The summed E-state index contributed by atoms with van der Waals surface area (Å²) >= 11 is 1.47. The van der Waals surface area contributed by atoms with Crippen molar-refractivity contribution in [3.8, 4) is 0 Å². The van der Waals surface area contributed by atoms with Crippen molar-refractivity contribution < 1.29 is 33.8 Å². The van der Waals surface area contributed by atoms with Crippen LogP contribution in [0.4, 0.5) is 4.79 Å². The summed E-state index contributed by atoms with van der Waals surface area (Å²) in [5.74, 6) is -0.462. The molecule has 0 aromatic rings. The standard InChI is InChI=1S/C37H58N2O7S/c1-11-35(9)20-27(36(10)23(4)12-16-37(24(5)31(35)42)17-13-26(40)30(36)37)45-28(41)21-47-25-14-18-39(19-15-25)32(43)29(22(2)3)38-33(44)46-34(6,7)8/h11,14,18,22-25,27,29-31,42H,1,12-13,15-17,19-21H2,2-10H3,(H,38,44)/t23?,24-,25?,27+,29?,30?,31?,35+,36-,37?/m0/s1. The number of amides is 2. The van der Waals surface area contributed by atoms with Gasteiger partial charge in [-0.05, 0) is 76.0 Å². The monoisotopic (exact) mass is 674 g/mol. The highest BCUT2D eigenvalue weighted by Gasteiger charge is 2.68. The number of hydrogen-bond donors (Lipinski definition) is 2. The van der Waals surface area contributed by atoms with E-state index in [1.54, 1.807) is 31.9 Å². The van der Waals surface area contributed by atoms with Gasteiger partial charge in [0.1, 0.15) is 23.5 Å². The molecule has 264 valence electrons. The van der Waals surface area contributed by atoms with Gasteiger partial charge >= 0.3 is 12.1 Å². The van der Waals surface area contributed by atoms with Gasteiger partial charge in [-0.1, -0.05) is 53.7 Å². The van der Waals surface area contributed by atoms with E-state index in [4.69, 9.17) is 9.47 Å². The maximum absolute atomic E-state index is 13.6. The summed E-state index contributed by atoms with van der Waals surface area (Å²) in [5, 5.41) is 14.5. The third-order valence-corrected chi connectivity index (χ3v) is 13.2. The van der Waals surface area contributed by atoms with Crippen LogP contribution in [0.15, 0.2) is 24.9 Å². The van der Waals surface area contributed by atoms with Crippen LogP contribution in [0.3, 0.4) is 0 Å². The first-order chi connectivity index (χ1) is 21.8. The molecule has 0 spiro atoms. The zero-order valence-corrected chi connectivity index (χ0v) is 30.8. The SMILES string of the molecule is C=C[C@]1(C)C[C@@H](OC(=O)CSC2C=CN(C(=O)C(NC(=O)OC(C)(C)C)C(C)C)CC2)[C@]2(C)C(C)CCC3(CCC(=O)C32)[C@@H](C)C1O. The molecule has 3 aliphatic carbocycles. The molecule has 47 heavy (non-hydrogen) atoms. The molecular formula is C37H58N2O7S. The number of ketones is 1. The molecule has 10 heteroatoms. The molecule has 0 saturated heterocycles. The maximum Gasteiger partial charge on any atom is 0.408 e. The summed E-state index contributed by atoms with van der Waals surface area (Å²) < 4.78 is 11.8. The number of hydrogen-bond acceptors (Lipinski definition) is 8. The Balaban J connectivity index is 1.44. The Bertz CT molecular complexity index is 1260. The highest BCUT2D eigenvalue weighted by Crippen LogP contribution is 2.68. The van der Waals surface area contributed by atoms with Crippen LogP contribution in [0.5, 0.6) is 0 Å². The van der Waals surface area contributed by atoms with Crippen LogP contribution >= 0.6 is 11.8 Å². The lowest BCUT2D eigenvalue weighted by Gasteiger charge is -2.61. The number of rotatable bonds is 8. The number of aliphatic hydroxyl groups is 1. The molecule has 0 radical (unpaired) electrons. The van der Waals surface area contributed by atoms with E-state index in [2.05, 4.69) is 32.7 Å². The van der Waals surface area contributed by atoms with E-state index in [9.17, 15) is 24.3 Å². The van der Waals surface area contributed by atoms with Crippen LogP contribution in [0, 0.1) is 39.9 Å². The van der Waals surface area contributed by atoms with E-state index in [0.717, 1.165) is 19.3 Å². The van der Waals surface area contributed by atoms with Crippen molar-refractivity contribution in [2.24, 2.45) is 39.9 Å². The number of carbonyl (C=O) groups excluding carboxylic acids is 4. The average molecular weight is 675 g/mol. The smallest absolute Gasteiger partial charge is 0.408 e. The molecule has 0 aromatic heterocycles. The fourth-order valence-electron chi connectivity index (χ4n) is 8.96. The normalized spacial score (nSPS) is 37.8. The zero-order chi connectivity index (χ0) is 35.1. The van der Waals surface area contributed by atoms with Gasteiger partial charge < -0.3 is 24.8 Å². The topological polar surface area (TPSA) is 122 Å². The molecule has 1 heterocycles. The number of nitrogens with zero attached hydrogens (tertiary/aromatic N) is 1. The molecule has 3 fully saturated rings. The predicted octanol–water partition coefficient (Wildman–Crippen LogP) is 6.29. The second kappa shape index (κ2) is 13.9. The van der Waals surface area contributed by atoms with Gasteiger partial charge in [-0.15, -0.1) is 18.3 Å². The summed E-state index contributed by atoms with van der Waals surface area (Å²) in [6.07, 6.45) is 7.76. The lowest BCUT2D eigenvalue weighted by atomic mass is 9.44. The fourth-order valence-corrected chi connectivity index (χ4v) is 9.83. The third kappa shape index (κ3) is 7.34. The Hall–Kier alpha value is -2.33. The van der Waals surface area contributed by atoms with Gasteiger partial charge in [-0.25, -0.2) is 4.79 Å². The molecule has 2 bridgehead atoms. The predicted molar refractivity (Wildman–Crippen MR) is 184 cm³/mol. The van der Waals surface area contributed by atoms with E-state index in [-0.39, 0.29) is 57.7 Å². The number of alkyl carbamates (subject to hydrolysis) is 1. The van der Waals surface area contributed by atoms with E-state index in [1.807, 2.05) is 32.9 Å². The summed E-state index contributed by atoms with van der Waals surface area (Å²) in [4.78, 5) is 54.5. The Kier molecular flexibility index (Phi) is 11.1. The van der Waals surface area contributed by atoms with E-state index in [0.29, 0.717) is 25.8 Å². The number of carbonyl (C=O) groups is 4. The summed E-state index contributed by atoms with van der Waals surface area (Å²) in [5.41, 5.74) is -2.20. The molecule has 2 N–H and O–H groups in total. The molecule has 0 aromatic carbocycles. The average Bonchev–Trinajstić information content (AvgIpc) is 3.36. The van der Waals surface area contributed by atoms with Crippen LogP contribution in [0.1, 0.15) is 101 Å². The third-order valence-electron chi connectivity index (χ3n) is 12.0. The van der Waals surface area contributed by atoms with E-state index >= 15 is 0 Å². The first kappa shape index (κ1) is 37.5. The Morgan fingerprint density at radius 2 is 1.87 bits per heavy atom. The van der Waals surface area contributed by atoms with Gasteiger partial charge in [-0.3, -0.25) is 14.4 Å².